The van der Waals surface area contributed by atoms with E-state index in [0.29, 0.717) is 11.3 Å². The van der Waals surface area contributed by atoms with Crippen LogP contribution in [0, 0.1) is 39.0 Å². The van der Waals surface area contributed by atoms with Gasteiger partial charge in [-0.1, -0.05) is 47.5 Å². The number of amides is 1. The highest BCUT2D eigenvalue weighted by atomic mass is 16.5. The highest BCUT2D eigenvalue weighted by molar-refractivity contribution is 6.00. The van der Waals surface area contributed by atoms with E-state index >= 15 is 0 Å². The van der Waals surface area contributed by atoms with Crippen molar-refractivity contribution in [2.75, 3.05) is 11.9 Å². The molecule has 2 aromatic rings. The molecule has 0 unspecified atom stereocenters. The van der Waals surface area contributed by atoms with Gasteiger partial charge in [-0.05, 0) is 50.5 Å². The molecule has 0 aliphatic heterocycles. The second-order valence-electron chi connectivity index (χ2n) is 6.48. The predicted octanol–water partition coefficient (Wildman–Crippen LogP) is 4.01. The van der Waals surface area contributed by atoms with Crippen molar-refractivity contribution in [3.8, 4) is 6.07 Å². The van der Waals surface area contributed by atoms with E-state index in [2.05, 4.69) is 5.32 Å². The normalized spacial score (nSPS) is 10.9. The third-order valence-electron chi connectivity index (χ3n) is 4.00. The van der Waals surface area contributed by atoms with Gasteiger partial charge in [0, 0.05) is 5.69 Å². The Morgan fingerprint density at radius 3 is 2.19 bits per heavy atom. The van der Waals surface area contributed by atoms with E-state index < -0.39 is 18.5 Å². The van der Waals surface area contributed by atoms with Gasteiger partial charge in [0.1, 0.15) is 11.6 Å². The van der Waals surface area contributed by atoms with Crippen LogP contribution >= 0.6 is 0 Å². The van der Waals surface area contributed by atoms with Gasteiger partial charge in [0.2, 0.25) is 0 Å². The third-order valence-corrected chi connectivity index (χ3v) is 4.00. The van der Waals surface area contributed by atoms with E-state index in [4.69, 9.17) is 4.74 Å². The van der Waals surface area contributed by atoms with Crippen molar-refractivity contribution >= 4 is 23.6 Å². The first-order valence-electron chi connectivity index (χ1n) is 8.53. The van der Waals surface area contributed by atoms with Crippen LogP contribution in [0.1, 0.15) is 27.8 Å². The Labute approximate surface area is 159 Å². The SMILES string of the molecule is Cc1ccc(/C=C(\C#N)C(=O)OCC(=O)Nc2c(C)cc(C)cc2C)cc1. The minimum absolute atomic E-state index is 0.158. The number of hydrogen-bond donors (Lipinski definition) is 1. The van der Waals surface area contributed by atoms with Gasteiger partial charge >= 0.3 is 5.97 Å². The molecule has 0 saturated heterocycles. The van der Waals surface area contributed by atoms with Gasteiger partial charge in [0.25, 0.3) is 5.91 Å². The lowest BCUT2D eigenvalue weighted by molar-refractivity contribution is -0.142. The lowest BCUT2D eigenvalue weighted by Gasteiger charge is -2.13. The zero-order valence-corrected chi connectivity index (χ0v) is 15.9. The fourth-order valence-electron chi connectivity index (χ4n) is 2.73. The van der Waals surface area contributed by atoms with Crippen molar-refractivity contribution in [2.45, 2.75) is 27.7 Å². The molecule has 5 heteroatoms. The summed E-state index contributed by atoms with van der Waals surface area (Å²) in [4.78, 5) is 24.2. The molecule has 0 radical (unpaired) electrons. The number of nitrogens with zero attached hydrogens (tertiary/aromatic N) is 1. The Bertz CT molecular complexity index is 912. The highest BCUT2D eigenvalue weighted by Gasteiger charge is 2.14. The monoisotopic (exact) mass is 362 g/mol. The van der Waals surface area contributed by atoms with Crippen LogP contribution in [0.3, 0.4) is 0 Å². The van der Waals surface area contributed by atoms with Crippen LogP contribution in [0.4, 0.5) is 5.69 Å². The van der Waals surface area contributed by atoms with Gasteiger partial charge in [-0.3, -0.25) is 4.79 Å². The molecule has 0 spiro atoms. The molecule has 5 nitrogen and oxygen atoms in total. The van der Waals surface area contributed by atoms with Crippen LogP contribution in [-0.4, -0.2) is 18.5 Å². The Kier molecular flexibility index (Phi) is 6.51. The van der Waals surface area contributed by atoms with Gasteiger partial charge in [0.15, 0.2) is 6.61 Å². The second-order valence-corrected chi connectivity index (χ2v) is 6.48. The van der Waals surface area contributed by atoms with Crippen molar-refractivity contribution in [3.63, 3.8) is 0 Å². The summed E-state index contributed by atoms with van der Waals surface area (Å²) in [6, 6.07) is 13.1. The van der Waals surface area contributed by atoms with E-state index in [0.717, 1.165) is 22.3 Å². The molecule has 138 valence electrons. The first-order valence-corrected chi connectivity index (χ1v) is 8.53. The first kappa shape index (κ1) is 19.9. The molecule has 0 heterocycles. The largest absolute Gasteiger partial charge is 0.451 e. The number of ether oxygens (including phenoxy) is 1. The molecule has 2 rings (SSSR count). The molecule has 0 aromatic heterocycles. The molecule has 0 atom stereocenters. The minimum atomic E-state index is -0.828. The molecule has 1 N–H and O–H groups in total. The highest BCUT2D eigenvalue weighted by Crippen LogP contribution is 2.21. The van der Waals surface area contributed by atoms with Gasteiger partial charge < -0.3 is 10.1 Å². The molecular weight excluding hydrogens is 340 g/mol. The van der Waals surface area contributed by atoms with Crippen molar-refractivity contribution < 1.29 is 14.3 Å². The van der Waals surface area contributed by atoms with Gasteiger partial charge in [-0.2, -0.15) is 5.26 Å². The summed E-state index contributed by atoms with van der Waals surface area (Å²) < 4.78 is 4.99. The number of carbonyl (C=O) groups is 2. The molecule has 0 saturated carbocycles. The van der Waals surface area contributed by atoms with Gasteiger partial charge in [-0.25, -0.2) is 4.79 Å². The fourth-order valence-corrected chi connectivity index (χ4v) is 2.73. The molecule has 0 fully saturated rings. The number of anilines is 1. The van der Waals surface area contributed by atoms with Gasteiger partial charge in [0.05, 0.1) is 0 Å². The van der Waals surface area contributed by atoms with Crippen LogP contribution in [0.5, 0.6) is 0 Å². The maximum Gasteiger partial charge on any atom is 0.349 e. The number of benzene rings is 2. The quantitative estimate of drug-likeness (QED) is 0.495. The molecule has 0 aliphatic rings. The number of nitrogens with one attached hydrogen (secondary N) is 1. The number of hydrogen-bond acceptors (Lipinski definition) is 4. The molecule has 0 bridgehead atoms. The van der Waals surface area contributed by atoms with E-state index in [1.807, 2.05) is 58.0 Å². The lowest BCUT2D eigenvalue weighted by atomic mass is 10.1. The summed E-state index contributed by atoms with van der Waals surface area (Å²) in [5, 5.41) is 11.9. The van der Waals surface area contributed by atoms with Crippen molar-refractivity contribution in [1.82, 2.24) is 0 Å². The molecule has 2 aromatic carbocycles. The molecular formula is C22H22N2O3. The predicted molar refractivity (Wildman–Crippen MR) is 105 cm³/mol. The van der Waals surface area contributed by atoms with E-state index in [1.165, 1.54) is 6.08 Å². The zero-order valence-electron chi connectivity index (χ0n) is 15.9. The molecule has 27 heavy (non-hydrogen) atoms. The smallest absolute Gasteiger partial charge is 0.349 e. The lowest BCUT2D eigenvalue weighted by Crippen LogP contribution is -2.22. The van der Waals surface area contributed by atoms with Crippen molar-refractivity contribution in [1.29, 1.82) is 5.26 Å². The maximum absolute atomic E-state index is 12.1. The number of esters is 1. The topological polar surface area (TPSA) is 79.2 Å². The number of aryl methyl sites for hydroxylation is 4. The first-order chi connectivity index (χ1) is 12.8. The average molecular weight is 362 g/mol. The van der Waals surface area contributed by atoms with Crippen LogP contribution in [0.2, 0.25) is 0 Å². The van der Waals surface area contributed by atoms with Crippen molar-refractivity contribution in [2.24, 2.45) is 0 Å². The summed E-state index contributed by atoms with van der Waals surface area (Å²) in [6.45, 7) is 7.28. The second kappa shape index (κ2) is 8.81. The maximum atomic E-state index is 12.1. The van der Waals surface area contributed by atoms with Crippen LogP contribution in [-0.2, 0) is 14.3 Å². The zero-order chi connectivity index (χ0) is 20.0. The van der Waals surface area contributed by atoms with E-state index in [1.54, 1.807) is 12.1 Å². The Morgan fingerprint density at radius 2 is 1.63 bits per heavy atom. The molecule has 0 aliphatic carbocycles. The summed E-state index contributed by atoms with van der Waals surface area (Å²) in [7, 11) is 0. The Morgan fingerprint density at radius 1 is 1.04 bits per heavy atom. The minimum Gasteiger partial charge on any atom is -0.451 e. The number of rotatable bonds is 5. The summed E-state index contributed by atoms with van der Waals surface area (Å²) in [5.41, 5.74) is 5.31. The van der Waals surface area contributed by atoms with Crippen molar-refractivity contribution in [3.05, 3.63) is 69.8 Å². The van der Waals surface area contributed by atoms with Gasteiger partial charge in [-0.15, -0.1) is 0 Å². The third kappa shape index (κ3) is 5.55. The van der Waals surface area contributed by atoms with Crippen LogP contribution in [0.25, 0.3) is 6.08 Å². The number of carbonyl (C=O) groups excluding carboxylic acids is 2. The average Bonchev–Trinajstić information content (AvgIpc) is 2.62. The Balaban J connectivity index is 2.00. The fraction of sp³-hybridized carbons (Fsp3) is 0.227. The van der Waals surface area contributed by atoms with E-state index in [-0.39, 0.29) is 5.57 Å². The molecule has 1 amide bonds. The van der Waals surface area contributed by atoms with Crippen LogP contribution < -0.4 is 5.32 Å². The summed E-state index contributed by atoms with van der Waals surface area (Å²) in [5.74, 6) is -1.28. The summed E-state index contributed by atoms with van der Waals surface area (Å²) >= 11 is 0. The van der Waals surface area contributed by atoms with E-state index in [9.17, 15) is 14.9 Å². The summed E-state index contributed by atoms with van der Waals surface area (Å²) in [6.07, 6.45) is 1.44. The number of nitriles is 1. The Hall–Kier alpha value is -3.39. The standard InChI is InChI=1S/C22H22N2O3/c1-14-5-7-18(8-6-14)11-19(12-23)22(26)27-13-20(25)24-21-16(3)9-15(2)10-17(21)4/h5-11H,13H2,1-4H3,(H,24,25)/b19-11+. The van der Waals surface area contributed by atoms with Crippen LogP contribution in [0.15, 0.2) is 42.0 Å².